The second-order valence-electron chi connectivity index (χ2n) is 9.37. The number of fused-ring (bicyclic) bond motifs is 1. The zero-order chi connectivity index (χ0) is 27.6. The predicted molar refractivity (Wildman–Crippen MR) is 149 cm³/mol. The van der Waals surface area contributed by atoms with Crippen molar-refractivity contribution in [2.45, 2.75) is 18.9 Å². The van der Waals surface area contributed by atoms with Gasteiger partial charge in [0, 0.05) is 43.2 Å². The number of para-hydroxylation sites is 1. The Morgan fingerprint density at radius 2 is 2.23 bits per heavy atom. The minimum atomic E-state index is -0.847. The molecule has 1 saturated heterocycles. The summed E-state index contributed by atoms with van der Waals surface area (Å²) in [7, 11) is 1.54. The van der Waals surface area contributed by atoms with Gasteiger partial charge in [-0.25, -0.2) is 0 Å². The average molecular weight is 546 g/mol. The maximum absolute atomic E-state index is 13.0. The van der Waals surface area contributed by atoms with Gasteiger partial charge >= 0.3 is 0 Å². The topological polar surface area (TPSA) is 109 Å². The summed E-state index contributed by atoms with van der Waals surface area (Å²) in [6.07, 6.45) is 5.27. The molecule has 200 valence electrons. The number of aromatic amines is 1. The number of hydrogen-bond donors (Lipinski definition) is 3. The summed E-state index contributed by atoms with van der Waals surface area (Å²) >= 11 is 6.37. The first-order valence-corrected chi connectivity index (χ1v) is 12.9. The Hall–Kier alpha value is -4.26. The van der Waals surface area contributed by atoms with Crippen molar-refractivity contribution >= 4 is 34.8 Å². The summed E-state index contributed by atoms with van der Waals surface area (Å²) < 4.78 is 11.2. The summed E-state index contributed by atoms with van der Waals surface area (Å²) in [5.41, 5.74) is 3.70. The van der Waals surface area contributed by atoms with Gasteiger partial charge in [0.2, 0.25) is 5.91 Å². The van der Waals surface area contributed by atoms with Gasteiger partial charge in [0.05, 0.1) is 53.5 Å². The molecule has 2 aliphatic rings. The number of aromatic nitrogens is 2. The minimum Gasteiger partial charge on any atom is -0.493 e. The van der Waals surface area contributed by atoms with Gasteiger partial charge in [-0.15, -0.1) is 0 Å². The highest BCUT2D eigenvalue weighted by Gasteiger charge is 2.36. The summed E-state index contributed by atoms with van der Waals surface area (Å²) in [4.78, 5) is 35.0. The molecular formula is C29H28ClN5O4. The van der Waals surface area contributed by atoms with Crippen molar-refractivity contribution < 1.29 is 19.1 Å². The molecule has 0 bridgehead atoms. The van der Waals surface area contributed by atoms with Crippen LogP contribution in [0.15, 0.2) is 49.3 Å². The highest BCUT2D eigenvalue weighted by atomic mass is 35.5. The molecule has 0 aliphatic carbocycles. The number of methoxy groups -OCH3 is 1. The van der Waals surface area contributed by atoms with Gasteiger partial charge in [-0.05, 0) is 31.2 Å². The van der Waals surface area contributed by atoms with Gasteiger partial charge < -0.3 is 30.0 Å². The van der Waals surface area contributed by atoms with E-state index in [1.165, 1.54) is 6.08 Å². The lowest BCUT2D eigenvalue weighted by atomic mass is 9.98. The molecular weight excluding hydrogens is 518 g/mol. The predicted octanol–water partition coefficient (Wildman–Crippen LogP) is 3.92. The zero-order valence-electron chi connectivity index (χ0n) is 21.7. The minimum absolute atomic E-state index is 0.186. The van der Waals surface area contributed by atoms with Crippen molar-refractivity contribution in [3.05, 3.63) is 71.2 Å². The van der Waals surface area contributed by atoms with Crippen LogP contribution in [0.25, 0.3) is 11.3 Å². The van der Waals surface area contributed by atoms with Crippen molar-refractivity contribution in [3.63, 3.8) is 0 Å². The normalized spacial score (nSPS) is 18.3. The Morgan fingerprint density at radius 3 is 3.03 bits per heavy atom. The molecule has 0 radical (unpaired) electrons. The van der Waals surface area contributed by atoms with Gasteiger partial charge in [-0.1, -0.05) is 36.1 Å². The lowest BCUT2D eigenvalue weighted by Gasteiger charge is -2.40. The molecule has 0 saturated carbocycles. The van der Waals surface area contributed by atoms with Crippen LogP contribution < -0.4 is 15.4 Å². The van der Waals surface area contributed by atoms with E-state index < -0.39 is 5.54 Å². The molecule has 1 atom stereocenters. The molecule has 3 N–H and O–H groups in total. The van der Waals surface area contributed by atoms with Crippen LogP contribution in [0.5, 0.6) is 5.75 Å². The van der Waals surface area contributed by atoms with E-state index in [1.807, 2.05) is 19.1 Å². The Labute approximate surface area is 231 Å². The molecule has 10 heteroatoms. The van der Waals surface area contributed by atoms with Crippen LogP contribution in [0.1, 0.15) is 28.5 Å². The largest absolute Gasteiger partial charge is 0.493 e. The number of carbonyl (C=O) groups excluding carboxylic acids is 2. The van der Waals surface area contributed by atoms with E-state index in [1.54, 1.807) is 36.5 Å². The first-order chi connectivity index (χ1) is 18.9. The Bertz CT molecular complexity index is 1520. The van der Waals surface area contributed by atoms with E-state index in [9.17, 15) is 9.59 Å². The first-order valence-electron chi connectivity index (χ1n) is 12.5. The fraction of sp³-hybridized carbons (Fsp3) is 0.276. The van der Waals surface area contributed by atoms with Crippen molar-refractivity contribution in [3.8, 4) is 28.8 Å². The summed E-state index contributed by atoms with van der Waals surface area (Å²) in [6.45, 7) is 7.15. The van der Waals surface area contributed by atoms with Gasteiger partial charge in [-0.2, -0.15) is 0 Å². The van der Waals surface area contributed by atoms with E-state index in [0.29, 0.717) is 65.1 Å². The van der Waals surface area contributed by atoms with Gasteiger partial charge in [0.1, 0.15) is 5.54 Å². The van der Waals surface area contributed by atoms with Crippen molar-refractivity contribution in [1.29, 1.82) is 0 Å². The molecule has 5 rings (SSSR count). The second-order valence-corrected chi connectivity index (χ2v) is 9.78. The summed E-state index contributed by atoms with van der Waals surface area (Å²) in [5, 5.41) is 6.75. The standard InChI is InChI=1S/C29H28ClN5O4/c1-4-23(36)35-14-15-39-17-29(35,2)11-8-18-16-31-12-9-19(18)25-26(24-21(33-25)10-13-32-28(24)37)34-22-7-5-6-20(30)27(22)38-3/h4-7,9,12,16,33-34H,1,10,13-15,17H2,2-3H3,(H,32,37)/t29-/m1/s1. The molecule has 2 aromatic heterocycles. The van der Waals surface area contributed by atoms with E-state index in [2.05, 4.69) is 39.0 Å². The highest BCUT2D eigenvalue weighted by molar-refractivity contribution is 6.32. The monoisotopic (exact) mass is 545 g/mol. The molecule has 9 nitrogen and oxygen atoms in total. The number of rotatable bonds is 5. The number of amides is 2. The highest BCUT2D eigenvalue weighted by Crippen LogP contribution is 2.41. The number of hydrogen-bond acceptors (Lipinski definition) is 6. The van der Waals surface area contributed by atoms with Crippen molar-refractivity contribution in [2.75, 3.05) is 38.7 Å². The number of nitrogens with zero attached hydrogens (tertiary/aromatic N) is 2. The van der Waals surface area contributed by atoms with Gasteiger partial charge in [-0.3, -0.25) is 14.6 Å². The van der Waals surface area contributed by atoms with Crippen LogP contribution in [-0.4, -0.2) is 65.6 Å². The number of benzene rings is 1. The number of halogens is 1. The maximum Gasteiger partial charge on any atom is 0.255 e. The molecule has 0 unspecified atom stereocenters. The van der Waals surface area contributed by atoms with Crippen molar-refractivity contribution in [1.82, 2.24) is 20.2 Å². The molecule has 2 amide bonds. The average Bonchev–Trinajstić information content (AvgIpc) is 3.31. The molecule has 1 aromatic carbocycles. The molecule has 3 aromatic rings. The van der Waals surface area contributed by atoms with Crippen LogP contribution in [0.2, 0.25) is 5.02 Å². The van der Waals surface area contributed by atoms with Gasteiger partial charge in [0.25, 0.3) is 5.91 Å². The summed E-state index contributed by atoms with van der Waals surface area (Å²) in [6, 6.07) is 7.21. The number of carbonyl (C=O) groups is 2. The fourth-order valence-electron chi connectivity index (χ4n) is 4.89. The number of nitrogens with one attached hydrogen (secondary N) is 3. The molecule has 39 heavy (non-hydrogen) atoms. The lowest BCUT2D eigenvalue weighted by Crippen LogP contribution is -2.56. The summed E-state index contributed by atoms with van der Waals surface area (Å²) in [5.74, 6) is 6.55. The van der Waals surface area contributed by atoms with E-state index in [-0.39, 0.29) is 18.4 Å². The first kappa shape index (κ1) is 26.4. The van der Waals surface area contributed by atoms with E-state index >= 15 is 0 Å². The number of pyridine rings is 1. The number of ether oxygens (including phenoxy) is 2. The van der Waals surface area contributed by atoms with Crippen LogP contribution in [-0.2, 0) is 16.0 Å². The molecule has 0 spiro atoms. The molecule has 4 heterocycles. The van der Waals surface area contributed by atoms with Crippen molar-refractivity contribution in [2.24, 2.45) is 0 Å². The Balaban J connectivity index is 1.63. The third-order valence-corrected chi connectivity index (χ3v) is 7.13. The zero-order valence-corrected chi connectivity index (χ0v) is 22.4. The Kier molecular flexibility index (Phi) is 7.33. The van der Waals surface area contributed by atoms with Gasteiger partial charge in [0.15, 0.2) is 5.75 Å². The van der Waals surface area contributed by atoms with Crippen LogP contribution in [0.4, 0.5) is 11.4 Å². The third-order valence-electron chi connectivity index (χ3n) is 6.83. The van der Waals surface area contributed by atoms with Crippen LogP contribution in [0, 0.1) is 11.8 Å². The SMILES string of the molecule is C=CC(=O)N1CCOC[C@@]1(C)C#Cc1cnccc1-c1[nH]c2c(c1Nc1cccc(Cl)c1OC)C(=O)NCC2. The Morgan fingerprint density at radius 1 is 1.38 bits per heavy atom. The number of H-pyrrole nitrogens is 1. The lowest BCUT2D eigenvalue weighted by molar-refractivity contribution is -0.137. The quantitative estimate of drug-likeness (QED) is 0.331. The van der Waals surface area contributed by atoms with Crippen LogP contribution >= 0.6 is 11.6 Å². The molecule has 1 fully saturated rings. The fourth-order valence-corrected chi connectivity index (χ4v) is 5.14. The van der Waals surface area contributed by atoms with E-state index in [4.69, 9.17) is 21.1 Å². The second kappa shape index (κ2) is 10.8. The number of anilines is 2. The third kappa shape index (κ3) is 4.97. The van der Waals surface area contributed by atoms with E-state index in [0.717, 1.165) is 11.3 Å². The molecule has 2 aliphatic heterocycles. The number of morpholine rings is 1. The maximum atomic E-state index is 13.0. The smallest absolute Gasteiger partial charge is 0.255 e. The van der Waals surface area contributed by atoms with Crippen LogP contribution in [0.3, 0.4) is 0 Å².